The molecular weight excluding hydrogens is 452 g/mol. The van der Waals surface area contributed by atoms with Gasteiger partial charge in [-0.15, -0.1) is 0 Å². The Labute approximate surface area is 202 Å². The van der Waals surface area contributed by atoms with Crippen LogP contribution in [-0.4, -0.2) is 59.6 Å². The lowest BCUT2D eigenvalue weighted by molar-refractivity contribution is -0.129. The predicted octanol–water partition coefficient (Wildman–Crippen LogP) is 1.74. The number of nitrogens with zero attached hydrogens (tertiary/aromatic N) is 5. The molecule has 176 valence electrons. The van der Waals surface area contributed by atoms with E-state index < -0.39 is 17.3 Å². The van der Waals surface area contributed by atoms with Crippen molar-refractivity contribution in [1.29, 1.82) is 10.5 Å². The molecular formula is C24H26N6O3S. The summed E-state index contributed by atoms with van der Waals surface area (Å²) in [5.41, 5.74) is 7.29. The van der Waals surface area contributed by atoms with Crippen molar-refractivity contribution in [2.75, 3.05) is 31.6 Å². The number of likely N-dealkylation sites (tertiary alicyclic amines) is 1. The lowest BCUT2D eigenvalue weighted by Crippen LogP contribution is -2.38. The number of pyridine rings is 1. The fourth-order valence-corrected chi connectivity index (χ4v) is 4.98. The number of β-amino-alcohol motifs (C(OH)–C–C–N with tert-alkyl or cyclic N) is 1. The first kappa shape index (κ1) is 25.0. The molecule has 34 heavy (non-hydrogen) atoms. The number of amides is 2. The first-order valence-corrected chi connectivity index (χ1v) is 11.7. The molecule has 0 saturated carbocycles. The Hall–Kier alpha value is -3.60. The van der Waals surface area contributed by atoms with Gasteiger partial charge in [-0.2, -0.15) is 10.5 Å². The third kappa shape index (κ3) is 5.30. The fourth-order valence-electron chi connectivity index (χ4n) is 3.92. The van der Waals surface area contributed by atoms with Gasteiger partial charge in [0.05, 0.1) is 23.8 Å². The van der Waals surface area contributed by atoms with Crippen molar-refractivity contribution in [2.45, 2.75) is 36.1 Å². The molecule has 3 N–H and O–H groups in total. The van der Waals surface area contributed by atoms with Crippen LogP contribution in [0.25, 0.3) is 0 Å². The Kier molecular flexibility index (Phi) is 8.11. The molecule has 0 spiro atoms. The fraction of sp³-hybridized carbons (Fsp3) is 0.375. The first-order chi connectivity index (χ1) is 16.3. The number of anilines is 1. The van der Waals surface area contributed by atoms with Gasteiger partial charge in [-0.25, -0.2) is 4.98 Å². The first-order valence-electron chi connectivity index (χ1n) is 10.9. The van der Waals surface area contributed by atoms with Gasteiger partial charge in [0.15, 0.2) is 0 Å². The molecule has 2 amide bonds. The predicted molar refractivity (Wildman–Crippen MR) is 128 cm³/mol. The number of primary amides is 1. The zero-order chi connectivity index (χ0) is 24.8. The minimum absolute atomic E-state index is 0.0501. The van der Waals surface area contributed by atoms with Crippen LogP contribution >= 0.6 is 11.8 Å². The second-order valence-electron chi connectivity index (χ2n) is 8.00. The Balaban J connectivity index is 2.02. The van der Waals surface area contributed by atoms with Gasteiger partial charge < -0.3 is 20.6 Å². The lowest BCUT2D eigenvalue weighted by Gasteiger charge is -2.25. The molecule has 1 fully saturated rings. The van der Waals surface area contributed by atoms with Gasteiger partial charge in [0.2, 0.25) is 11.8 Å². The van der Waals surface area contributed by atoms with Gasteiger partial charge in [0, 0.05) is 20.1 Å². The van der Waals surface area contributed by atoms with E-state index in [9.17, 15) is 25.2 Å². The normalized spacial score (nSPS) is 15.9. The van der Waals surface area contributed by atoms with Gasteiger partial charge in [-0.1, -0.05) is 49.0 Å². The summed E-state index contributed by atoms with van der Waals surface area (Å²) in [4.78, 5) is 32.7. The average Bonchev–Trinajstić information content (AvgIpc) is 3.28. The molecule has 0 bridgehead atoms. The summed E-state index contributed by atoms with van der Waals surface area (Å²) in [6.07, 6.45) is 0.389. The summed E-state index contributed by atoms with van der Waals surface area (Å²) in [6, 6.07) is 13.2. The van der Waals surface area contributed by atoms with Gasteiger partial charge in [-0.05, 0) is 24.0 Å². The van der Waals surface area contributed by atoms with Crippen LogP contribution in [-0.2, 0) is 16.0 Å². The maximum atomic E-state index is 12.7. The molecule has 2 atom stereocenters. The summed E-state index contributed by atoms with van der Waals surface area (Å²) in [5, 5.41) is 29.0. The number of nitriles is 2. The van der Waals surface area contributed by atoms with Gasteiger partial charge in [0.1, 0.15) is 28.2 Å². The minimum Gasteiger partial charge on any atom is -0.391 e. The molecule has 2 heterocycles. The number of rotatable bonds is 8. The molecule has 1 aromatic carbocycles. The second-order valence-corrected chi connectivity index (χ2v) is 9.09. The summed E-state index contributed by atoms with van der Waals surface area (Å²) >= 11 is 1.05. The van der Waals surface area contributed by atoms with E-state index in [2.05, 4.69) is 17.1 Å². The zero-order valence-electron chi connectivity index (χ0n) is 19.1. The number of nitrogens with two attached hydrogens (primary N) is 1. The Bertz CT molecular complexity index is 1160. The standard InChI is InChI=1S/C24H26N6O3S/c1-3-17-18(11-25)23(29(2)14-20(32)30-10-9-16(31)13-30)28-24(19(17)12-26)34-21(22(27)33)15-7-5-4-6-8-15/h4-8,16,21,31H,3,9-10,13-14H2,1-2H3,(H2,27,33)/t16-,21?/m0/s1. The third-order valence-electron chi connectivity index (χ3n) is 5.67. The highest BCUT2D eigenvalue weighted by molar-refractivity contribution is 8.00. The van der Waals surface area contributed by atoms with Crippen LogP contribution in [0.15, 0.2) is 35.4 Å². The smallest absolute Gasteiger partial charge is 0.242 e. The van der Waals surface area contributed by atoms with Crippen molar-refractivity contribution in [3.63, 3.8) is 0 Å². The van der Waals surface area contributed by atoms with Crippen molar-refractivity contribution in [3.8, 4) is 12.1 Å². The van der Waals surface area contributed by atoms with Crippen molar-refractivity contribution in [1.82, 2.24) is 9.88 Å². The summed E-state index contributed by atoms with van der Waals surface area (Å²) in [5.74, 6) is -0.521. The lowest BCUT2D eigenvalue weighted by atomic mass is 10.0. The second kappa shape index (κ2) is 11.0. The van der Waals surface area contributed by atoms with Crippen LogP contribution in [0.2, 0.25) is 0 Å². The maximum Gasteiger partial charge on any atom is 0.242 e. The molecule has 10 heteroatoms. The van der Waals surface area contributed by atoms with Crippen LogP contribution in [0, 0.1) is 22.7 Å². The van der Waals surface area contributed by atoms with E-state index in [1.54, 1.807) is 41.1 Å². The monoisotopic (exact) mass is 478 g/mol. The van der Waals surface area contributed by atoms with Gasteiger partial charge in [-0.3, -0.25) is 9.59 Å². The highest BCUT2D eigenvalue weighted by atomic mass is 32.2. The van der Waals surface area contributed by atoms with Crippen molar-refractivity contribution in [3.05, 3.63) is 52.6 Å². The molecule has 0 radical (unpaired) electrons. The average molecular weight is 479 g/mol. The molecule has 1 aromatic heterocycles. The number of carbonyl (C=O) groups is 2. The van der Waals surface area contributed by atoms with Crippen LogP contribution in [0.1, 0.15) is 40.8 Å². The number of hydrogen-bond donors (Lipinski definition) is 2. The molecule has 9 nitrogen and oxygen atoms in total. The minimum atomic E-state index is -0.788. The number of carbonyl (C=O) groups excluding carboxylic acids is 2. The van der Waals surface area contributed by atoms with E-state index in [0.29, 0.717) is 30.5 Å². The van der Waals surface area contributed by atoms with Crippen molar-refractivity contribution in [2.24, 2.45) is 5.73 Å². The number of hydrogen-bond acceptors (Lipinski definition) is 8. The van der Waals surface area contributed by atoms with Crippen molar-refractivity contribution < 1.29 is 14.7 Å². The third-order valence-corrected chi connectivity index (χ3v) is 6.92. The van der Waals surface area contributed by atoms with Gasteiger partial charge >= 0.3 is 0 Å². The molecule has 1 saturated heterocycles. The van der Waals surface area contributed by atoms with E-state index >= 15 is 0 Å². The number of aliphatic hydroxyl groups excluding tert-OH is 1. The van der Waals surface area contributed by atoms with E-state index in [-0.39, 0.29) is 41.0 Å². The maximum absolute atomic E-state index is 12.7. The Morgan fingerprint density at radius 3 is 2.50 bits per heavy atom. The van der Waals surface area contributed by atoms with E-state index in [1.165, 1.54) is 0 Å². The summed E-state index contributed by atoms with van der Waals surface area (Å²) in [6.45, 7) is 2.52. The Morgan fingerprint density at radius 2 is 1.97 bits per heavy atom. The molecule has 3 rings (SSSR count). The largest absolute Gasteiger partial charge is 0.391 e. The highest BCUT2D eigenvalue weighted by Crippen LogP contribution is 2.39. The summed E-state index contributed by atoms with van der Waals surface area (Å²) in [7, 11) is 1.65. The number of thioether (sulfide) groups is 1. The SMILES string of the molecule is CCc1c(C#N)c(SC(C(N)=O)c2ccccc2)nc(N(C)CC(=O)N2CC[C@H](O)C2)c1C#N. The molecule has 1 unspecified atom stereocenters. The van der Waals surface area contributed by atoms with Crippen molar-refractivity contribution >= 4 is 29.4 Å². The van der Waals surface area contributed by atoms with Crippen LogP contribution in [0.3, 0.4) is 0 Å². The quantitative estimate of drug-likeness (QED) is 0.545. The molecule has 2 aromatic rings. The number of likely N-dealkylation sites (N-methyl/N-ethyl adjacent to an activating group) is 1. The van der Waals surface area contributed by atoms with Crippen LogP contribution < -0.4 is 10.6 Å². The molecule has 0 aliphatic carbocycles. The van der Waals surface area contributed by atoms with Crippen LogP contribution in [0.4, 0.5) is 5.82 Å². The van der Waals surface area contributed by atoms with E-state index in [4.69, 9.17) is 5.73 Å². The van der Waals surface area contributed by atoms with E-state index in [1.807, 2.05) is 13.0 Å². The topological polar surface area (TPSA) is 147 Å². The Morgan fingerprint density at radius 1 is 1.29 bits per heavy atom. The highest BCUT2D eigenvalue weighted by Gasteiger charge is 2.29. The number of aromatic nitrogens is 1. The van der Waals surface area contributed by atoms with Gasteiger partial charge in [0.25, 0.3) is 0 Å². The summed E-state index contributed by atoms with van der Waals surface area (Å²) < 4.78 is 0. The van der Waals surface area contributed by atoms with Crippen LogP contribution in [0.5, 0.6) is 0 Å². The number of aliphatic hydroxyl groups is 1. The molecule has 1 aliphatic rings. The molecule has 1 aliphatic heterocycles. The zero-order valence-corrected chi connectivity index (χ0v) is 19.9. The number of benzene rings is 1. The van der Waals surface area contributed by atoms with E-state index in [0.717, 1.165) is 11.8 Å².